The summed E-state index contributed by atoms with van der Waals surface area (Å²) >= 11 is 0. The fraction of sp³-hybridized carbons (Fsp3) is 0.348. The van der Waals surface area contributed by atoms with E-state index in [2.05, 4.69) is 15.3 Å². The molecular formula is C23H25N5O5S. The quantitative estimate of drug-likeness (QED) is 0.327. The lowest BCUT2D eigenvalue weighted by atomic mass is 10.00. The molecule has 34 heavy (non-hydrogen) atoms. The third kappa shape index (κ3) is 4.33. The van der Waals surface area contributed by atoms with Gasteiger partial charge in [0.15, 0.2) is 0 Å². The summed E-state index contributed by atoms with van der Waals surface area (Å²) in [6, 6.07) is 11.0. The second-order valence-corrected chi connectivity index (χ2v) is 10.2. The summed E-state index contributed by atoms with van der Waals surface area (Å²) in [4.78, 5) is 15.7. The van der Waals surface area contributed by atoms with E-state index in [1.54, 1.807) is 26.1 Å². The summed E-state index contributed by atoms with van der Waals surface area (Å²) in [7, 11) is -2.15. The first-order valence-electron chi connectivity index (χ1n) is 10.7. The van der Waals surface area contributed by atoms with Gasteiger partial charge in [0.25, 0.3) is 5.91 Å². The third-order valence-electron chi connectivity index (χ3n) is 5.83. The first-order chi connectivity index (χ1) is 16.1. The number of azide groups is 1. The number of carbonyl (C=O) groups is 1. The van der Waals surface area contributed by atoms with Crippen LogP contribution in [0.2, 0.25) is 0 Å². The van der Waals surface area contributed by atoms with Crippen LogP contribution >= 0.6 is 0 Å². The summed E-state index contributed by atoms with van der Waals surface area (Å²) in [6.45, 7) is 3.72. The van der Waals surface area contributed by atoms with E-state index in [0.29, 0.717) is 33.5 Å². The topological polar surface area (TPSA) is 138 Å². The van der Waals surface area contributed by atoms with Crippen molar-refractivity contribution in [2.45, 2.75) is 26.1 Å². The number of aryl methyl sites for hydroxylation is 1. The van der Waals surface area contributed by atoms with E-state index in [1.165, 1.54) is 4.31 Å². The van der Waals surface area contributed by atoms with Gasteiger partial charge < -0.3 is 14.5 Å². The molecule has 1 aromatic heterocycles. The molecule has 2 unspecified atom stereocenters. The van der Waals surface area contributed by atoms with E-state index in [4.69, 9.17) is 14.7 Å². The lowest BCUT2D eigenvalue weighted by molar-refractivity contribution is 0.0120. The molecule has 1 aliphatic heterocycles. The van der Waals surface area contributed by atoms with E-state index in [0.717, 1.165) is 17.4 Å². The van der Waals surface area contributed by atoms with Crippen molar-refractivity contribution >= 4 is 32.6 Å². The second kappa shape index (κ2) is 9.02. The maximum Gasteiger partial charge on any atom is 0.255 e. The van der Waals surface area contributed by atoms with E-state index in [1.807, 2.05) is 31.2 Å². The minimum absolute atomic E-state index is 0.0158. The molecular weight excluding hydrogens is 458 g/mol. The molecule has 0 bridgehead atoms. The maximum atomic E-state index is 12.9. The van der Waals surface area contributed by atoms with Gasteiger partial charge in [0, 0.05) is 34.5 Å². The van der Waals surface area contributed by atoms with Gasteiger partial charge in [-0.25, -0.2) is 8.42 Å². The van der Waals surface area contributed by atoms with E-state index in [-0.39, 0.29) is 19.0 Å². The van der Waals surface area contributed by atoms with E-state index < -0.39 is 22.2 Å². The number of ether oxygens (including phenoxy) is 1. The number of sulfonamides is 1. The Kier molecular flexibility index (Phi) is 6.26. The molecule has 0 fully saturated rings. The molecule has 10 nitrogen and oxygen atoms in total. The van der Waals surface area contributed by atoms with Crippen molar-refractivity contribution in [2.24, 2.45) is 5.11 Å². The molecule has 0 aliphatic carbocycles. The number of amides is 1. The van der Waals surface area contributed by atoms with Crippen molar-refractivity contribution < 1.29 is 22.4 Å². The minimum Gasteiger partial charge on any atom is -0.455 e. The van der Waals surface area contributed by atoms with Crippen molar-refractivity contribution in [1.29, 1.82) is 0 Å². The van der Waals surface area contributed by atoms with Crippen LogP contribution in [0, 0.1) is 6.92 Å². The molecule has 178 valence electrons. The monoisotopic (exact) mass is 483 g/mol. The van der Waals surface area contributed by atoms with E-state index in [9.17, 15) is 13.2 Å². The van der Waals surface area contributed by atoms with Crippen LogP contribution in [0.1, 0.15) is 34.5 Å². The fourth-order valence-corrected chi connectivity index (χ4v) is 5.13. The Hall–Kier alpha value is -3.53. The molecule has 0 saturated heterocycles. The largest absolute Gasteiger partial charge is 0.455 e. The average Bonchev–Trinajstić information content (AvgIpc) is 3.10. The number of benzene rings is 2. The number of anilines is 1. The number of hydrogen-bond acceptors (Lipinski definition) is 6. The molecule has 0 spiro atoms. The Balaban J connectivity index is 1.97. The maximum absolute atomic E-state index is 12.9. The Morgan fingerprint density at radius 3 is 2.62 bits per heavy atom. The molecule has 2 aromatic carbocycles. The fourth-order valence-electron chi connectivity index (χ4n) is 4.18. The van der Waals surface area contributed by atoms with Gasteiger partial charge in [0.1, 0.15) is 11.3 Å². The molecule has 3 aromatic rings. The Morgan fingerprint density at radius 2 is 2.00 bits per heavy atom. The van der Waals surface area contributed by atoms with Gasteiger partial charge in [-0.2, -0.15) is 0 Å². The summed E-state index contributed by atoms with van der Waals surface area (Å²) in [5.41, 5.74) is 12.2. The zero-order chi connectivity index (χ0) is 24.6. The molecule has 2 atom stereocenters. The number of carbonyl (C=O) groups excluding carboxylic acids is 1. The zero-order valence-corrected chi connectivity index (χ0v) is 20.1. The molecule has 0 saturated carbocycles. The normalized spacial score (nSPS) is 18.2. The second-order valence-electron chi connectivity index (χ2n) is 8.27. The van der Waals surface area contributed by atoms with Crippen LogP contribution in [0.15, 0.2) is 45.9 Å². The smallest absolute Gasteiger partial charge is 0.255 e. The van der Waals surface area contributed by atoms with Crippen molar-refractivity contribution in [1.82, 2.24) is 5.32 Å². The molecule has 11 heteroatoms. The number of fused-ring (bicyclic) bond motifs is 2. The van der Waals surface area contributed by atoms with Crippen LogP contribution in [0.3, 0.4) is 0 Å². The number of furan rings is 1. The van der Waals surface area contributed by atoms with Gasteiger partial charge in [-0.15, -0.1) is 0 Å². The summed E-state index contributed by atoms with van der Waals surface area (Å²) in [5.74, 6) is 0.0768. The van der Waals surface area contributed by atoms with E-state index >= 15 is 0 Å². The summed E-state index contributed by atoms with van der Waals surface area (Å²) in [6.07, 6.45) is -0.0570. The van der Waals surface area contributed by atoms with Crippen molar-refractivity contribution in [3.05, 3.63) is 63.5 Å². The first-order valence-corrected chi connectivity index (χ1v) is 12.5. The van der Waals surface area contributed by atoms with Crippen molar-refractivity contribution in [2.75, 3.05) is 30.7 Å². The highest BCUT2D eigenvalue weighted by Crippen LogP contribution is 2.42. The Bertz CT molecular complexity index is 1410. The molecule has 2 heterocycles. The molecule has 1 N–H and O–H groups in total. The van der Waals surface area contributed by atoms with Gasteiger partial charge in [-0.05, 0) is 25.4 Å². The zero-order valence-electron chi connectivity index (χ0n) is 19.3. The van der Waals surface area contributed by atoms with Gasteiger partial charge in [-0.1, -0.05) is 34.9 Å². The summed E-state index contributed by atoms with van der Waals surface area (Å²) in [5, 5.41) is 6.77. The predicted molar refractivity (Wildman–Crippen MR) is 129 cm³/mol. The van der Waals surface area contributed by atoms with Crippen LogP contribution in [0.5, 0.6) is 0 Å². The number of nitrogens with zero attached hydrogens (tertiary/aromatic N) is 4. The summed E-state index contributed by atoms with van der Waals surface area (Å²) < 4.78 is 38.9. The number of rotatable bonds is 5. The third-order valence-corrected chi connectivity index (χ3v) is 6.97. The van der Waals surface area contributed by atoms with Gasteiger partial charge in [-0.3, -0.25) is 9.10 Å². The van der Waals surface area contributed by atoms with Crippen LogP contribution in [-0.4, -0.2) is 46.8 Å². The molecule has 1 aliphatic rings. The standard InChI is InChI=1S/C23H25N5O5S/c1-13-5-7-15(8-6-13)22-21(23(29)25-3)18-9-17-14(2)32-16(11-26-27-24)12-28(34(4,30)31)19(17)10-20(18)33-22/h5-10,14,16H,11-12H2,1-4H3,(H,25,29). The highest BCUT2D eigenvalue weighted by Gasteiger charge is 2.33. The molecule has 4 rings (SSSR count). The predicted octanol–water partition coefficient (Wildman–Crippen LogP) is 4.30. The number of nitrogens with one attached hydrogen (secondary N) is 1. The SMILES string of the molecule is CNC(=O)c1c(-c2ccc(C)cc2)oc2cc3c(cc12)C(C)OC(CN=[N+]=[N-])CN3S(C)(=O)=O. The van der Waals surface area contributed by atoms with Gasteiger partial charge in [0.2, 0.25) is 10.0 Å². The van der Waals surface area contributed by atoms with Crippen LogP contribution < -0.4 is 9.62 Å². The van der Waals surface area contributed by atoms with Crippen molar-refractivity contribution in [3.63, 3.8) is 0 Å². The highest BCUT2D eigenvalue weighted by molar-refractivity contribution is 7.92. The Labute approximate surface area is 197 Å². The van der Waals surface area contributed by atoms with Crippen LogP contribution in [-0.2, 0) is 14.8 Å². The average molecular weight is 484 g/mol. The van der Waals surface area contributed by atoms with Crippen LogP contribution in [0.25, 0.3) is 32.7 Å². The molecule has 0 radical (unpaired) electrons. The molecule has 1 amide bonds. The van der Waals surface area contributed by atoms with Crippen LogP contribution in [0.4, 0.5) is 5.69 Å². The van der Waals surface area contributed by atoms with Crippen molar-refractivity contribution in [3.8, 4) is 11.3 Å². The number of hydrogen-bond donors (Lipinski definition) is 1. The first kappa shape index (κ1) is 23.6. The van der Waals surface area contributed by atoms with Gasteiger partial charge >= 0.3 is 0 Å². The van der Waals surface area contributed by atoms with Gasteiger partial charge in [0.05, 0.1) is 42.8 Å². The Morgan fingerprint density at radius 1 is 1.29 bits per heavy atom. The lowest BCUT2D eigenvalue weighted by Gasteiger charge is -2.24. The highest BCUT2D eigenvalue weighted by atomic mass is 32.2. The minimum atomic E-state index is -3.70. The lowest BCUT2D eigenvalue weighted by Crippen LogP contribution is -2.37.